The molecule has 4 heteroatoms. The summed E-state index contributed by atoms with van der Waals surface area (Å²) in [6, 6.07) is 12.1. The van der Waals surface area contributed by atoms with Gasteiger partial charge in [-0.3, -0.25) is 0 Å². The molecule has 0 amide bonds. The third kappa shape index (κ3) is 4.58. The minimum Gasteiger partial charge on any atom is -0.366 e. The quantitative estimate of drug-likeness (QED) is 0.833. The van der Waals surface area contributed by atoms with Crippen LogP contribution in [0, 0.1) is 5.92 Å². The Kier molecular flexibility index (Phi) is 4.72. The van der Waals surface area contributed by atoms with Crippen molar-refractivity contribution < 1.29 is 0 Å². The lowest BCUT2D eigenvalue weighted by molar-refractivity contribution is 0.684. The fourth-order valence-corrected chi connectivity index (χ4v) is 1.63. The summed E-state index contributed by atoms with van der Waals surface area (Å²) in [4.78, 5) is 8.63. The van der Waals surface area contributed by atoms with Crippen LogP contribution in [-0.4, -0.2) is 16.5 Å². The van der Waals surface area contributed by atoms with Crippen molar-refractivity contribution in [2.45, 2.75) is 20.4 Å². The van der Waals surface area contributed by atoms with Gasteiger partial charge in [0.25, 0.3) is 0 Å². The van der Waals surface area contributed by atoms with E-state index < -0.39 is 0 Å². The molecular weight excluding hydrogens is 236 g/mol. The molecule has 0 spiro atoms. The summed E-state index contributed by atoms with van der Waals surface area (Å²) in [6.45, 7) is 5.96. The lowest BCUT2D eigenvalue weighted by atomic mass is 10.2. The molecule has 2 aromatic rings. The molecule has 0 fully saturated rings. The Morgan fingerprint density at radius 1 is 1.05 bits per heavy atom. The Balaban J connectivity index is 1.91. The topological polar surface area (TPSA) is 49.8 Å². The normalized spacial score (nSPS) is 10.5. The molecule has 1 aromatic carbocycles. The molecule has 100 valence electrons. The molecule has 0 aliphatic carbocycles. The maximum Gasteiger partial charge on any atom is 0.224 e. The molecule has 1 aromatic heterocycles. The molecule has 0 saturated heterocycles. The first-order chi connectivity index (χ1) is 9.24. The van der Waals surface area contributed by atoms with Gasteiger partial charge in [0, 0.05) is 19.3 Å². The highest BCUT2D eigenvalue weighted by molar-refractivity contribution is 5.40. The van der Waals surface area contributed by atoms with Gasteiger partial charge >= 0.3 is 0 Å². The van der Waals surface area contributed by atoms with Crippen molar-refractivity contribution in [1.29, 1.82) is 0 Å². The number of benzene rings is 1. The van der Waals surface area contributed by atoms with E-state index in [0.29, 0.717) is 11.9 Å². The second-order valence-corrected chi connectivity index (χ2v) is 4.88. The zero-order valence-corrected chi connectivity index (χ0v) is 11.4. The van der Waals surface area contributed by atoms with E-state index in [1.54, 1.807) is 6.20 Å². The lowest BCUT2D eigenvalue weighted by Gasteiger charge is -2.09. The lowest BCUT2D eigenvalue weighted by Crippen LogP contribution is -2.11. The van der Waals surface area contributed by atoms with Crippen LogP contribution in [0.5, 0.6) is 0 Å². The minimum absolute atomic E-state index is 0.574. The maximum absolute atomic E-state index is 4.43. The number of nitrogens with one attached hydrogen (secondary N) is 2. The predicted octanol–water partition coefficient (Wildman–Crippen LogP) is 3.16. The number of rotatable bonds is 6. The standard InChI is InChI=1S/C15H20N4/c1-12(2)10-18-15-16-9-8-14(19-15)17-11-13-6-4-3-5-7-13/h3-9,12H,10-11H2,1-2H3,(H2,16,17,18,19). The Hall–Kier alpha value is -2.10. The fraction of sp³-hybridized carbons (Fsp3) is 0.333. The van der Waals surface area contributed by atoms with Gasteiger partial charge in [-0.2, -0.15) is 4.98 Å². The van der Waals surface area contributed by atoms with E-state index in [2.05, 4.69) is 46.6 Å². The van der Waals surface area contributed by atoms with Crippen molar-refractivity contribution in [3.8, 4) is 0 Å². The molecule has 19 heavy (non-hydrogen) atoms. The largest absolute Gasteiger partial charge is 0.366 e. The van der Waals surface area contributed by atoms with Crippen molar-refractivity contribution in [3.05, 3.63) is 48.2 Å². The third-order valence-electron chi connectivity index (χ3n) is 2.64. The summed E-state index contributed by atoms with van der Waals surface area (Å²) < 4.78 is 0. The van der Waals surface area contributed by atoms with Crippen molar-refractivity contribution in [3.63, 3.8) is 0 Å². The van der Waals surface area contributed by atoms with E-state index in [-0.39, 0.29) is 0 Å². The van der Waals surface area contributed by atoms with Gasteiger partial charge in [0.2, 0.25) is 5.95 Å². The summed E-state index contributed by atoms with van der Waals surface area (Å²) in [5.41, 5.74) is 1.23. The van der Waals surface area contributed by atoms with Crippen LogP contribution in [0.4, 0.5) is 11.8 Å². The maximum atomic E-state index is 4.43. The van der Waals surface area contributed by atoms with Gasteiger partial charge in [-0.15, -0.1) is 0 Å². The first-order valence-electron chi connectivity index (χ1n) is 6.59. The molecule has 2 N–H and O–H groups in total. The monoisotopic (exact) mass is 256 g/mol. The molecular formula is C15H20N4. The SMILES string of the molecule is CC(C)CNc1nccc(NCc2ccccc2)n1. The molecule has 0 radical (unpaired) electrons. The van der Waals surface area contributed by atoms with Crippen LogP contribution in [-0.2, 0) is 6.54 Å². The minimum atomic E-state index is 0.574. The van der Waals surface area contributed by atoms with E-state index in [0.717, 1.165) is 18.9 Å². The Morgan fingerprint density at radius 2 is 1.84 bits per heavy atom. The highest BCUT2D eigenvalue weighted by atomic mass is 15.1. The molecule has 0 unspecified atom stereocenters. The highest BCUT2D eigenvalue weighted by Crippen LogP contribution is 2.08. The third-order valence-corrected chi connectivity index (χ3v) is 2.64. The summed E-state index contributed by atoms with van der Waals surface area (Å²) >= 11 is 0. The first-order valence-corrected chi connectivity index (χ1v) is 6.59. The van der Waals surface area contributed by atoms with Gasteiger partial charge in [-0.25, -0.2) is 4.98 Å². The van der Waals surface area contributed by atoms with E-state index in [9.17, 15) is 0 Å². The highest BCUT2D eigenvalue weighted by Gasteiger charge is 2.00. The molecule has 0 aliphatic heterocycles. The summed E-state index contributed by atoms with van der Waals surface area (Å²) in [7, 11) is 0. The number of aromatic nitrogens is 2. The van der Waals surface area contributed by atoms with Crippen molar-refractivity contribution in [2.24, 2.45) is 5.92 Å². The molecule has 0 bridgehead atoms. The molecule has 1 heterocycles. The van der Waals surface area contributed by atoms with E-state index in [1.807, 2.05) is 24.3 Å². The Morgan fingerprint density at radius 3 is 2.58 bits per heavy atom. The van der Waals surface area contributed by atoms with Crippen molar-refractivity contribution in [1.82, 2.24) is 9.97 Å². The molecule has 0 saturated carbocycles. The van der Waals surface area contributed by atoms with Gasteiger partial charge in [-0.05, 0) is 17.5 Å². The van der Waals surface area contributed by atoms with Crippen molar-refractivity contribution >= 4 is 11.8 Å². The summed E-state index contributed by atoms with van der Waals surface area (Å²) in [5.74, 6) is 2.08. The second kappa shape index (κ2) is 6.73. The van der Waals surface area contributed by atoms with E-state index in [4.69, 9.17) is 0 Å². The van der Waals surface area contributed by atoms with Gasteiger partial charge in [-0.1, -0.05) is 44.2 Å². The zero-order chi connectivity index (χ0) is 13.5. The molecule has 2 rings (SSSR count). The van der Waals surface area contributed by atoms with Gasteiger partial charge in [0.05, 0.1) is 0 Å². The average molecular weight is 256 g/mol. The van der Waals surface area contributed by atoms with E-state index in [1.165, 1.54) is 5.56 Å². The average Bonchev–Trinajstić information content (AvgIpc) is 2.44. The van der Waals surface area contributed by atoms with Crippen LogP contribution in [0.3, 0.4) is 0 Å². The van der Waals surface area contributed by atoms with Crippen LogP contribution in [0.1, 0.15) is 19.4 Å². The van der Waals surface area contributed by atoms with Crippen LogP contribution in [0.15, 0.2) is 42.6 Å². The fourth-order valence-electron chi connectivity index (χ4n) is 1.63. The number of nitrogens with zero attached hydrogens (tertiary/aromatic N) is 2. The summed E-state index contributed by atoms with van der Waals surface area (Å²) in [6.07, 6.45) is 1.77. The Bertz CT molecular complexity index is 497. The van der Waals surface area contributed by atoms with Crippen LogP contribution >= 0.6 is 0 Å². The first kappa shape index (κ1) is 13.3. The number of anilines is 2. The van der Waals surface area contributed by atoms with Gasteiger partial charge in [0.15, 0.2) is 0 Å². The molecule has 4 nitrogen and oxygen atoms in total. The summed E-state index contributed by atoms with van der Waals surface area (Å²) in [5, 5.41) is 6.52. The van der Waals surface area contributed by atoms with Crippen molar-refractivity contribution in [2.75, 3.05) is 17.2 Å². The molecule has 0 atom stereocenters. The zero-order valence-electron chi connectivity index (χ0n) is 11.4. The van der Waals surface area contributed by atoms with Crippen LogP contribution < -0.4 is 10.6 Å². The smallest absolute Gasteiger partial charge is 0.224 e. The van der Waals surface area contributed by atoms with Gasteiger partial charge in [0.1, 0.15) is 5.82 Å². The number of hydrogen-bond acceptors (Lipinski definition) is 4. The second-order valence-electron chi connectivity index (χ2n) is 4.88. The van der Waals surface area contributed by atoms with Crippen LogP contribution in [0.25, 0.3) is 0 Å². The predicted molar refractivity (Wildman–Crippen MR) is 79.1 cm³/mol. The van der Waals surface area contributed by atoms with Crippen LogP contribution in [0.2, 0.25) is 0 Å². The van der Waals surface area contributed by atoms with Gasteiger partial charge < -0.3 is 10.6 Å². The Labute approximate surface area is 114 Å². The molecule has 0 aliphatic rings. The van der Waals surface area contributed by atoms with E-state index >= 15 is 0 Å². The number of hydrogen-bond donors (Lipinski definition) is 2.